The highest BCUT2D eigenvalue weighted by atomic mass is 19.4. The molecule has 5 rings (SSSR count). The van der Waals surface area contributed by atoms with Crippen molar-refractivity contribution in [3.63, 3.8) is 0 Å². The normalized spacial score (nSPS) is 26.2. The van der Waals surface area contributed by atoms with Crippen LogP contribution in [0.5, 0.6) is 0 Å². The Labute approximate surface area is 171 Å². The van der Waals surface area contributed by atoms with Crippen LogP contribution in [0, 0.1) is 29.6 Å². The van der Waals surface area contributed by atoms with E-state index in [9.17, 15) is 18.0 Å². The summed E-state index contributed by atoms with van der Waals surface area (Å²) in [7, 11) is 0. The minimum absolute atomic E-state index is 0.105. The van der Waals surface area contributed by atoms with Gasteiger partial charge in [-0.05, 0) is 49.9 Å². The number of nitrogens with two attached hydrogens (primary N) is 1. The van der Waals surface area contributed by atoms with E-state index < -0.39 is 18.0 Å². The first-order valence-corrected chi connectivity index (χ1v) is 10.6. The van der Waals surface area contributed by atoms with E-state index in [1.54, 1.807) is 6.20 Å². The molecule has 2 saturated carbocycles. The second-order valence-corrected chi connectivity index (χ2v) is 9.06. The average Bonchev–Trinajstić information content (AvgIpc) is 3.62. The molecule has 0 unspecified atom stereocenters. The molecule has 3 heterocycles. The first-order valence-electron chi connectivity index (χ1n) is 10.6. The van der Waals surface area contributed by atoms with Crippen LogP contribution in [0.15, 0.2) is 12.4 Å². The lowest BCUT2D eigenvalue weighted by Gasteiger charge is -2.30. The third kappa shape index (κ3) is 3.89. The number of aromatic nitrogens is 4. The van der Waals surface area contributed by atoms with E-state index in [-0.39, 0.29) is 31.3 Å². The second-order valence-electron chi connectivity index (χ2n) is 9.06. The largest absolute Gasteiger partial charge is 0.393 e. The summed E-state index contributed by atoms with van der Waals surface area (Å²) in [5.41, 5.74) is 7.77. The second kappa shape index (κ2) is 7.18. The van der Waals surface area contributed by atoms with Gasteiger partial charge in [0.2, 0.25) is 5.91 Å². The lowest BCUT2D eigenvalue weighted by atomic mass is 9.86. The van der Waals surface area contributed by atoms with Crippen molar-refractivity contribution in [3.05, 3.63) is 23.8 Å². The predicted molar refractivity (Wildman–Crippen MR) is 101 cm³/mol. The lowest BCUT2D eigenvalue weighted by molar-refractivity contribution is -0.183. The van der Waals surface area contributed by atoms with Crippen LogP contribution < -0.4 is 11.1 Å². The van der Waals surface area contributed by atoms with Gasteiger partial charge >= 0.3 is 6.18 Å². The number of carbonyl (C=O) groups excluding carboxylic acids is 1. The molecular weight excluding hydrogens is 397 g/mol. The van der Waals surface area contributed by atoms with Crippen molar-refractivity contribution < 1.29 is 18.0 Å². The summed E-state index contributed by atoms with van der Waals surface area (Å²) >= 11 is 0. The lowest BCUT2D eigenvalue weighted by Crippen LogP contribution is -2.47. The summed E-state index contributed by atoms with van der Waals surface area (Å²) < 4.78 is 40.7. The van der Waals surface area contributed by atoms with Crippen LogP contribution in [0.2, 0.25) is 0 Å². The number of amides is 1. The number of hydrogen-bond donors (Lipinski definition) is 2. The molecule has 3 N–H and O–H groups in total. The van der Waals surface area contributed by atoms with Gasteiger partial charge in [-0.25, -0.2) is 14.5 Å². The van der Waals surface area contributed by atoms with Gasteiger partial charge in [-0.3, -0.25) is 4.79 Å². The van der Waals surface area contributed by atoms with Crippen LogP contribution in [0.25, 0.3) is 5.78 Å². The molecule has 1 aliphatic heterocycles. The SMILES string of the molecule is N[C@H](c1cn2nc(C[C@H]3C[C@@H](C(F)(F)F)CNC3=O)cnc2n1)C(C1CC1)C1CC1. The van der Waals surface area contributed by atoms with E-state index in [0.29, 0.717) is 29.2 Å². The third-order valence-corrected chi connectivity index (χ3v) is 6.72. The Morgan fingerprint density at radius 3 is 2.57 bits per heavy atom. The molecule has 0 bridgehead atoms. The molecule has 10 heteroatoms. The molecule has 7 nitrogen and oxygen atoms in total. The summed E-state index contributed by atoms with van der Waals surface area (Å²) in [5, 5.41) is 6.82. The van der Waals surface area contributed by atoms with Crippen LogP contribution >= 0.6 is 0 Å². The number of nitrogens with zero attached hydrogens (tertiary/aromatic N) is 4. The average molecular weight is 422 g/mol. The van der Waals surface area contributed by atoms with Crippen LogP contribution in [0.4, 0.5) is 13.2 Å². The van der Waals surface area contributed by atoms with E-state index in [0.717, 1.165) is 5.69 Å². The van der Waals surface area contributed by atoms with E-state index in [4.69, 9.17) is 5.73 Å². The molecule has 1 amide bonds. The Morgan fingerprint density at radius 2 is 1.93 bits per heavy atom. The molecule has 162 valence electrons. The number of piperidine rings is 1. The number of alkyl halides is 3. The first-order chi connectivity index (χ1) is 14.3. The Balaban J connectivity index is 1.33. The number of fused-ring (bicyclic) bond motifs is 1. The zero-order valence-corrected chi connectivity index (χ0v) is 16.5. The number of hydrogen-bond acceptors (Lipinski definition) is 5. The fourth-order valence-corrected chi connectivity index (χ4v) is 4.80. The number of imidazole rings is 1. The van der Waals surface area contributed by atoms with Crippen LogP contribution in [0.1, 0.15) is 49.5 Å². The highest BCUT2D eigenvalue weighted by Crippen LogP contribution is 2.53. The van der Waals surface area contributed by atoms with Crippen molar-refractivity contribution in [2.24, 2.45) is 35.3 Å². The maximum atomic E-state index is 13.1. The molecular formula is C20H25F3N6O. The van der Waals surface area contributed by atoms with Gasteiger partial charge in [-0.1, -0.05) is 0 Å². The zero-order valence-electron chi connectivity index (χ0n) is 16.5. The summed E-state index contributed by atoms with van der Waals surface area (Å²) in [6.07, 6.45) is 3.71. The van der Waals surface area contributed by atoms with Gasteiger partial charge in [0.25, 0.3) is 5.78 Å². The quantitative estimate of drug-likeness (QED) is 0.745. The van der Waals surface area contributed by atoms with Crippen molar-refractivity contribution in [1.82, 2.24) is 24.9 Å². The molecule has 0 aromatic carbocycles. The van der Waals surface area contributed by atoms with Gasteiger partial charge in [0.15, 0.2) is 0 Å². The molecule has 3 atom stereocenters. The van der Waals surface area contributed by atoms with Crippen LogP contribution in [-0.4, -0.2) is 38.2 Å². The van der Waals surface area contributed by atoms with E-state index in [1.807, 2.05) is 0 Å². The maximum Gasteiger partial charge on any atom is 0.393 e. The fraction of sp³-hybridized carbons (Fsp3) is 0.700. The molecule has 1 saturated heterocycles. The molecule has 2 aromatic rings. The topological polar surface area (TPSA) is 98.2 Å². The van der Waals surface area contributed by atoms with Crippen molar-refractivity contribution in [2.45, 2.75) is 50.7 Å². The van der Waals surface area contributed by atoms with E-state index in [2.05, 4.69) is 20.4 Å². The third-order valence-electron chi connectivity index (χ3n) is 6.72. The summed E-state index contributed by atoms with van der Waals surface area (Å²) in [6, 6.07) is -0.159. The number of halogens is 3. The Kier molecular flexibility index (Phi) is 4.72. The van der Waals surface area contributed by atoms with Crippen molar-refractivity contribution in [3.8, 4) is 0 Å². The standard InChI is InChI=1S/C20H25F3N6O/c21-20(22,23)13-5-12(18(30)25-7-13)6-14-8-26-19-27-15(9-29(19)28-14)17(24)16(10-1-2-10)11-3-4-11/h8-13,16-17H,1-7,24H2,(H,25,30)/t12-,13-,17-/m1/s1. The van der Waals surface area contributed by atoms with E-state index in [1.165, 1.54) is 36.4 Å². The number of nitrogens with one attached hydrogen (secondary N) is 1. The summed E-state index contributed by atoms with van der Waals surface area (Å²) in [5.74, 6) is -0.466. The number of rotatable bonds is 6. The first kappa shape index (κ1) is 19.7. The maximum absolute atomic E-state index is 13.1. The minimum Gasteiger partial charge on any atom is -0.355 e. The molecule has 2 aliphatic carbocycles. The monoisotopic (exact) mass is 422 g/mol. The summed E-state index contributed by atoms with van der Waals surface area (Å²) in [4.78, 5) is 20.9. The Morgan fingerprint density at radius 1 is 1.23 bits per heavy atom. The van der Waals surface area contributed by atoms with Gasteiger partial charge in [0.1, 0.15) is 0 Å². The molecule has 30 heavy (non-hydrogen) atoms. The molecule has 3 fully saturated rings. The van der Waals surface area contributed by atoms with Gasteiger partial charge in [-0.15, -0.1) is 0 Å². The van der Waals surface area contributed by atoms with Gasteiger partial charge in [0, 0.05) is 18.9 Å². The van der Waals surface area contributed by atoms with Gasteiger partial charge in [0.05, 0.1) is 35.7 Å². The van der Waals surface area contributed by atoms with Crippen molar-refractivity contribution in [2.75, 3.05) is 6.54 Å². The highest BCUT2D eigenvalue weighted by Gasteiger charge is 2.46. The van der Waals surface area contributed by atoms with Gasteiger partial charge < -0.3 is 11.1 Å². The molecule has 3 aliphatic rings. The summed E-state index contributed by atoms with van der Waals surface area (Å²) in [6.45, 7) is -0.366. The van der Waals surface area contributed by atoms with Crippen LogP contribution in [-0.2, 0) is 11.2 Å². The van der Waals surface area contributed by atoms with Crippen molar-refractivity contribution in [1.29, 1.82) is 0 Å². The van der Waals surface area contributed by atoms with E-state index >= 15 is 0 Å². The van der Waals surface area contributed by atoms with Crippen molar-refractivity contribution >= 4 is 11.7 Å². The smallest absolute Gasteiger partial charge is 0.355 e. The Bertz CT molecular complexity index is 940. The zero-order chi connectivity index (χ0) is 21.0. The minimum atomic E-state index is -4.32. The predicted octanol–water partition coefficient (Wildman–Crippen LogP) is 2.42. The highest BCUT2D eigenvalue weighted by molar-refractivity contribution is 5.79. The fourth-order valence-electron chi connectivity index (χ4n) is 4.80. The van der Waals surface area contributed by atoms with Crippen LogP contribution in [0.3, 0.4) is 0 Å². The molecule has 0 radical (unpaired) electrons. The molecule has 0 spiro atoms. The Hall–Kier alpha value is -2.23. The van der Waals surface area contributed by atoms with Gasteiger partial charge in [-0.2, -0.15) is 18.3 Å². The number of carbonyl (C=O) groups is 1. The molecule has 2 aromatic heterocycles.